The van der Waals surface area contributed by atoms with Crippen LogP contribution in [-0.4, -0.2) is 51.0 Å². The highest BCUT2D eigenvalue weighted by molar-refractivity contribution is 7.91. The van der Waals surface area contributed by atoms with E-state index in [1.807, 2.05) is 0 Å². The Labute approximate surface area is 104 Å². The fourth-order valence-corrected chi connectivity index (χ4v) is 5.11. The van der Waals surface area contributed by atoms with Gasteiger partial charge in [-0.1, -0.05) is 6.42 Å². The maximum Gasteiger partial charge on any atom is 0.151 e. The first-order chi connectivity index (χ1) is 8.02. The van der Waals surface area contributed by atoms with Gasteiger partial charge in [0.25, 0.3) is 0 Å². The fraction of sp³-hybridized carbons (Fsp3) is 1.00. The van der Waals surface area contributed by atoms with Crippen LogP contribution in [0.3, 0.4) is 0 Å². The van der Waals surface area contributed by atoms with Crippen LogP contribution >= 0.6 is 0 Å². The number of hydrogen-bond donors (Lipinski definition) is 1. The van der Waals surface area contributed by atoms with Gasteiger partial charge in [-0.15, -0.1) is 0 Å². The van der Waals surface area contributed by atoms with Crippen LogP contribution in [0.4, 0.5) is 0 Å². The molecule has 0 amide bonds. The smallest absolute Gasteiger partial charge is 0.151 e. The molecule has 17 heavy (non-hydrogen) atoms. The second-order valence-corrected chi connectivity index (χ2v) is 7.91. The molecule has 5 heteroatoms. The van der Waals surface area contributed by atoms with Crippen LogP contribution in [0.2, 0.25) is 0 Å². The van der Waals surface area contributed by atoms with Crippen molar-refractivity contribution in [3.05, 3.63) is 0 Å². The maximum atomic E-state index is 11.5. The van der Waals surface area contributed by atoms with Crippen molar-refractivity contribution >= 4 is 9.84 Å². The Kier molecular flexibility index (Phi) is 4.10. The summed E-state index contributed by atoms with van der Waals surface area (Å²) in [5.41, 5.74) is 5.78. The summed E-state index contributed by atoms with van der Waals surface area (Å²) in [6.45, 7) is 1.80. The van der Waals surface area contributed by atoms with Crippen LogP contribution in [0, 0.1) is 11.8 Å². The van der Waals surface area contributed by atoms with Gasteiger partial charge in [0.05, 0.1) is 11.5 Å². The molecule has 2 fully saturated rings. The quantitative estimate of drug-likeness (QED) is 0.798. The summed E-state index contributed by atoms with van der Waals surface area (Å²) in [5.74, 6) is 2.04. The first-order valence-corrected chi connectivity index (χ1v) is 8.44. The van der Waals surface area contributed by atoms with Crippen molar-refractivity contribution in [2.45, 2.75) is 31.7 Å². The predicted octanol–water partition coefficient (Wildman–Crippen LogP) is 0.480. The third kappa shape index (κ3) is 3.20. The van der Waals surface area contributed by atoms with Crippen LogP contribution < -0.4 is 5.73 Å². The molecule has 100 valence electrons. The third-order valence-electron chi connectivity index (χ3n) is 4.47. The molecule has 3 atom stereocenters. The lowest BCUT2D eigenvalue weighted by molar-refractivity contribution is 0.199. The van der Waals surface area contributed by atoms with E-state index in [0.29, 0.717) is 23.3 Å². The molecule has 1 aliphatic carbocycles. The average molecular weight is 260 g/mol. The number of sulfone groups is 1. The minimum Gasteiger partial charge on any atom is -0.330 e. The van der Waals surface area contributed by atoms with Gasteiger partial charge in [-0.25, -0.2) is 8.42 Å². The fourth-order valence-electron chi connectivity index (χ4n) is 3.31. The van der Waals surface area contributed by atoms with Crippen molar-refractivity contribution in [3.63, 3.8) is 0 Å². The lowest BCUT2D eigenvalue weighted by Gasteiger charge is -2.28. The molecule has 0 bridgehead atoms. The van der Waals surface area contributed by atoms with Gasteiger partial charge >= 0.3 is 0 Å². The second-order valence-electron chi connectivity index (χ2n) is 5.68. The Morgan fingerprint density at radius 1 is 1.24 bits per heavy atom. The number of hydrogen-bond acceptors (Lipinski definition) is 4. The van der Waals surface area contributed by atoms with E-state index >= 15 is 0 Å². The van der Waals surface area contributed by atoms with Gasteiger partial charge in [0, 0.05) is 12.6 Å². The SMILES string of the molecule is CN(CC1CCCC1CN)C1CCS(=O)(=O)C1. The molecule has 1 aliphatic heterocycles. The van der Waals surface area contributed by atoms with Crippen molar-refractivity contribution in [2.75, 3.05) is 31.6 Å². The Bertz CT molecular complexity index is 356. The summed E-state index contributed by atoms with van der Waals surface area (Å²) in [5, 5.41) is 0. The summed E-state index contributed by atoms with van der Waals surface area (Å²) in [6, 6.07) is 0.235. The van der Waals surface area contributed by atoms with Gasteiger partial charge in [-0.05, 0) is 44.7 Å². The van der Waals surface area contributed by atoms with Crippen molar-refractivity contribution in [1.82, 2.24) is 4.90 Å². The van der Waals surface area contributed by atoms with Crippen LogP contribution in [0.25, 0.3) is 0 Å². The molecule has 4 nitrogen and oxygen atoms in total. The van der Waals surface area contributed by atoms with Gasteiger partial charge in [0.1, 0.15) is 0 Å². The first-order valence-electron chi connectivity index (χ1n) is 6.62. The predicted molar refractivity (Wildman–Crippen MR) is 69.6 cm³/mol. The van der Waals surface area contributed by atoms with E-state index in [2.05, 4.69) is 11.9 Å². The lowest BCUT2D eigenvalue weighted by atomic mass is 9.95. The molecule has 2 N–H and O–H groups in total. The summed E-state index contributed by atoms with van der Waals surface area (Å²) in [4.78, 5) is 2.25. The summed E-state index contributed by atoms with van der Waals surface area (Å²) >= 11 is 0. The molecular formula is C12H24N2O2S. The largest absolute Gasteiger partial charge is 0.330 e. The Morgan fingerprint density at radius 2 is 1.94 bits per heavy atom. The molecule has 1 saturated carbocycles. The number of nitrogens with two attached hydrogens (primary N) is 1. The van der Waals surface area contributed by atoms with E-state index < -0.39 is 9.84 Å². The highest BCUT2D eigenvalue weighted by atomic mass is 32.2. The van der Waals surface area contributed by atoms with Crippen molar-refractivity contribution < 1.29 is 8.42 Å². The zero-order valence-corrected chi connectivity index (χ0v) is 11.5. The van der Waals surface area contributed by atoms with E-state index in [-0.39, 0.29) is 6.04 Å². The third-order valence-corrected chi connectivity index (χ3v) is 6.22. The van der Waals surface area contributed by atoms with Crippen molar-refractivity contribution in [3.8, 4) is 0 Å². The topological polar surface area (TPSA) is 63.4 Å². The lowest BCUT2D eigenvalue weighted by Crippen LogP contribution is -2.38. The molecule has 0 spiro atoms. The Hall–Kier alpha value is -0.130. The highest BCUT2D eigenvalue weighted by Crippen LogP contribution is 2.32. The van der Waals surface area contributed by atoms with E-state index in [1.165, 1.54) is 19.3 Å². The van der Waals surface area contributed by atoms with Crippen LogP contribution in [0.5, 0.6) is 0 Å². The van der Waals surface area contributed by atoms with Crippen molar-refractivity contribution in [1.29, 1.82) is 0 Å². The molecule has 2 rings (SSSR count). The number of nitrogens with zero attached hydrogens (tertiary/aromatic N) is 1. The monoisotopic (exact) mass is 260 g/mol. The Morgan fingerprint density at radius 3 is 2.53 bits per heavy atom. The zero-order valence-electron chi connectivity index (χ0n) is 10.6. The molecule has 3 unspecified atom stereocenters. The van der Waals surface area contributed by atoms with Crippen molar-refractivity contribution in [2.24, 2.45) is 17.6 Å². The zero-order chi connectivity index (χ0) is 12.5. The van der Waals surface area contributed by atoms with Gasteiger partial charge in [0.15, 0.2) is 9.84 Å². The first kappa shape index (κ1) is 13.3. The molecule has 0 aromatic heterocycles. The highest BCUT2D eigenvalue weighted by Gasteiger charge is 2.33. The molecule has 0 aromatic rings. The van der Waals surface area contributed by atoms with Gasteiger partial charge in [-0.3, -0.25) is 0 Å². The van der Waals surface area contributed by atoms with Gasteiger partial charge < -0.3 is 10.6 Å². The normalized spacial score (nSPS) is 36.8. The molecule has 0 radical (unpaired) electrons. The van der Waals surface area contributed by atoms with E-state index in [0.717, 1.165) is 19.5 Å². The standard InChI is InChI=1S/C12H24N2O2S/c1-14(12-5-6-17(15,16)9-12)8-11-4-2-3-10(11)7-13/h10-12H,2-9,13H2,1H3. The molecular weight excluding hydrogens is 236 g/mol. The summed E-state index contributed by atoms with van der Waals surface area (Å²) < 4.78 is 22.9. The Balaban J connectivity index is 1.87. The number of rotatable bonds is 4. The summed E-state index contributed by atoms with van der Waals surface area (Å²) in [6.07, 6.45) is 4.59. The van der Waals surface area contributed by atoms with Crippen LogP contribution in [-0.2, 0) is 9.84 Å². The van der Waals surface area contributed by atoms with E-state index in [1.54, 1.807) is 0 Å². The van der Waals surface area contributed by atoms with Gasteiger partial charge in [0.2, 0.25) is 0 Å². The second kappa shape index (κ2) is 5.24. The minimum atomic E-state index is -2.76. The average Bonchev–Trinajstić information content (AvgIpc) is 2.84. The van der Waals surface area contributed by atoms with Crippen LogP contribution in [0.15, 0.2) is 0 Å². The molecule has 2 aliphatic rings. The van der Waals surface area contributed by atoms with Crippen LogP contribution in [0.1, 0.15) is 25.7 Å². The molecule has 1 saturated heterocycles. The maximum absolute atomic E-state index is 11.5. The van der Waals surface area contributed by atoms with E-state index in [9.17, 15) is 8.42 Å². The minimum absolute atomic E-state index is 0.235. The van der Waals surface area contributed by atoms with Gasteiger partial charge in [-0.2, -0.15) is 0 Å². The van der Waals surface area contributed by atoms with E-state index in [4.69, 9.17) is 5.73 Å². The molecule has 0 aromatic carbocycles. The molecule has 1 heterocycles. The summed E-state index contributed by atoms with van der Waals surface area (Å²) in [7, 11) is -0.693.